The Labute approximate surface area is 145 Å². The van der Waals surface area contributed by atoms with Gasteiger partial charge in [-0.05, 0) is 36.8 Å². The van der Waals surface area contributed by atoms with Gasteiger partial charge in [-0.15, -0.1) is 0 Å². The van der Waals surface area contributed by atoms with Crippen LogP contribution in [-0.4, -0.2) is 15.5 Å². The van der Waals surface area contributed by atoms with Crippen LogP contribution in [0.5, 0.6) is 0 Å². The van der Waals surface area contributed by atoms with Crippen LogP contribution in [0.4, 0.5) is 0 Å². The van der Waals surface area contributed by atoms with Gasteiger partial charge in [0, 0.05) is 24.2 Å². The highest BCUT2D eigenvalue weighted by atomic mass is 16.3. The number of nitriles is 1. The van der Waals surface area contributed by atoms with Crippen LogP contribution in [0.25, 0.3) is 11.8 Å². The van der Waals surface area contributed by atoms with Crippen LogP contribution in [-0.2, 0) is 4.79 Å². The molecule has 0 fully saturated rings. The van der Waals surface area contributed by atoms with Gasteiger partial charge in [0.1, 0.15) is 17.4 Å². The molecule has 0 saturated carbocycles. The lowest BCUT2D eigenvalue weighted by Gasteiger charge is -2.15. The highest BCUT2D eigenvalue weighted by molar-refractivity contribution is 6.01. The van der Waals surface area contributed by atoms with Crippen molar-refractivity contribution in [3.63, 3.8) is 0 Å². The second-order valence-electron chi connectivity index (χ2n) is 5.45. The average Bonchev–Trinajstić information content (AvgIpc) is 3.33. The van der Waals surface area contributed by atoms with Crippen molar-refractivity contribution in [2.45, 2.75) is 13.0 Å². The lowest BCUT2D eigenvalue weighted by Crippen LogP contribution is -2.27. The van der Waals surface area contributed by atoms with E-state index in [2.05, 4.69) is 10.3 Å². The Morgan fingerprint density at radius 1 is 1.40 bits per heavy atom. The van der Waals surface area contributed by atoms with Gasteiger partial charge in [-0.1, -0.05) is 12.1 Å². The van der Waals surface area contributed by atoms with Gasteiger partial charge in [0.15, 0.2) is 0 Å². The first-order valence-electron chi connectivity index (χ1n) is 7.72. The molecular formula is C19H16N4O2. The third-order valence-electron chi connectivity index (χ3n) is 3.72. The molecule has 2 aromatic heterocycles. The monoisotopic (exact) mass is 332 g/mol. The fourth-order valence-corrected chi connectivity index (χ4v) is 2.39. The Balaban J connectivity index is 1.75. The summed E-state index contributed by atoms with van der Waals surface area (Å²) >= 11 is 0. The van der Waals surface area contributed by atoms with Crippen molar-refractivity contribution >= 4 is 12.0 Å². The molecule has 0 spiro atoms. The molecule has 25 heavy (non-hydrogen) atoms. The first-order valence-corrected chi connectivity index (χ1v) is 7.72. The van der Waals surface area contributed by atoms with Crippen molar-refractivity contribution in [3.05, 3.63) is 78.3 Å². The van der Waals surface area contributed by atoms with E-state index < -0.39 is 5.91 Å². The van der Waals surface area contributed by atoms with Crippen molar-refractivity contribution in [3.8, 4) is 11.8 Å². The highest BCUT2D eigenvalue weighted by Crippen LogP contribution is 2.17. The fourth-order valence-electron chi connectivity index (χ4n) is 2.39. The predicted molar refractivity (Wildman–Crippen MR) is 92.4 cm³/mol. The van der Waals surface area contributed by atoms with Crippen LogP contribution in [0.3, 0.4) is 0 Å². The molecule has 3 rings (SSSR count). The number of nitrogens with zero attached hydrogens (tertiary/aromatic N) is 3. The van der Waals surface area contributed by atoms with Crippen molar-refractivity contribution in [2.24, 2.45) is 0 Å². The number of amides is 1. The molecule has 1 N–H and O–H groups in total. The van der Waals surface area contributed by atoms with Crippen molar-refractivity contribution in [1.82, 2.24) is 14.9 Å². The molecule has 0 aliphatic rings. The van der Waals surface area contributed by atoms with Gasteiger partial charge < -0.3 is 14.3 Å². The maximum atomic E-state index is 12.3. The van der Waals surface area contributed by atoms with Crippen molar-refractivity contribution in [2.75, 3.05) is 0 Å². The van der Waals surface area contributed by atoms with Gasteiger partial charge >= 0.3 is 0 Å². The fraction of sp³-hybridized carbons (Fsp3) is 0.105. The lowest BCUT2D eigenvalue weighted by molar-refractivity contribution is -0.117. The van der Waals surface area contributed by atoms with Gasteiger partial charge in [-0.25, -0.2) is 4.98 Å². The zero-order valence-electron chi connectivity index (χ0n) is 13.6. The smallest absolute Gasteiger partial charge is 0.262 e. The van der Waals surface area contributed by atoms with Crippen molar-refractivity contribution < 1.29 is 9.21 Å². The standard InChI is InChI=1S/C19H16N4O2/c1-14(15-4-2-5-17(10-15)23-8-7-21-13-23)22-19(24)16(12-20)11-18-6-3-9-25-18/h2-11,13-14H,1H3,(H,22,24)/b16-11+/t14-/m1/s1. The molecular weight excluding hydrogens is 316 g/mol. The van der Waals surface area contributed by atoms with E-state index in [4.69, 9.17) is 4.42 Å². The molecule has 6 heteroatoms. The largest absolute Gasteiger partial charge is 0.465 e. The van der Waals surface area contributed by atoms with Gasteiger partial charge in [0.05, 0.1) is 18.6 Å². The number of imidazole rings is 1. The number of carbonyl (C=O) groups is 1. The summed E-state index contributed by atoms with van der Waals surface area (Å²) in [7, 11) is 0. The minimum atomic E-state index is -0.445. The molecule has 6 nitrogen and oxygen atoms in total. The minimum Gasteiger partial charge on any atom is -0.465 e. The highest BCUT2D eigenvalue weighted by Gasteiger charge is 2.14. The molecule has 1 amide bonds. The van der Waals surface area contributed by atoms with Crippen LogP contribution in [0.2, 0.25) is 0 Å². The van der Waals surface area contributed by atoms with Crippen LogP contribution in [0.15, 0.2) is 71.4 Å². The van der Waals surface area contributed by atoms with Crippen LogP contribution in [0.1, 0.15) is 24.3 Å². The second-order valence-corrected chi connectivity index (χ2v) is 5.45. The number of nitrogens with one attached hydrogen (secondary N) is 1. The number of hydrogen-bond donors (Lipinski definition) is 1. The Morgan fingerprint density at radius 3 is 2.96 bits per heavy atom. The Morgan fingerprint density at radius 2 is 2.28 bits per heavy atom. The second kappa shape index (κ2) is 7.32. The average molecular weight is 332 g/mol. The van der Waals surface area contributed by atoms with Gasteiger partial charge in [0.25, 0.3) is 5.91 Å². The predicted octanol–water partition coefficient (Wildman–Crippen LogP) is 3.25. The topological polar surface area (TPSA) is 83.9 Å². The van der Waals surface area contributed by atoms with E-state index in [0.29, 0.717) is 5.76 Å². The number of benzene rings is 1. The van der Waals surface area contributed by atoms with E-state index in [0.717, 1.165) is 11.3 Å². The molecule has 3 aromatic rings. The van der Waals surface area contributed by atoms with E-state index in [-0.39, 0.29) is 11.6 Å². The summed E-state index contributed by atoms with van der Waals surface area (Å²) < 4.78 is 7.03. The molecule has 124 valence electrons. The van der Waals surface area contributed by atoms with Gasteiger partial charge in [-0.3, -0.25) is 4.79 Å². The van der Waals surface area contributed by atoms with Crippen LogP contribution in [0, 0.1) is 11.3 Å². The third-order valence-corrected chi connectivity index (χ3v) is 3.72. The number of hydrogen-bond acceptors (Lipinski definition) is 4. The van der Waals surface area contributed by atoms with Crippen LogP contribution < -0.4 is 5.32 Å². The summed E-state index contributed by atoms with van der Waals surface area (Å²) in [4.78, 5) is 16.4. The zero-order valence-corrected chi connectivity index (χ0v) is 13.6. The lowest BCUT2D eigenvalue weighted by atomic mass is 10.1. The number of carbonyl (C=O) groups excluding carboxylic acids is 1. The maximum Gasteiger partial charge on any atom is 0.262 e. The molecule has 0 unspecified atom stereocenters. The SMILES string of the molecule is C[C@@H](NC(=O)/C(C#N)=C/c1ccco1)c1cccc(-n2ccnc2)c1. The van der Waals surface area contributed by atoms with E-state index in [1.54, 1.807) is 24.7 Å². The summed E-state index contributed by atoms with van der Waals surface area (Å²) in [6.07, 6.45) is 8.17. The molecule has 0 aliphatic carbocycles. The quantitative estimate of drug-likeness (QED) is 0.574. The van der Waals surface area contributed by atoms with E-state index >= 15 is 0 Å². The summed E-state index contributed by atoms with van der Waals surface area (Å²) in [5.74, 6) is 0.0147. The number of rotatable bonds is 5. The molecule has 2 heterocycles. The van der Waals surface area contributed by atoms with E-state index in [1.165, 1.54) is 12.3 Å². The third kappa shape index (κ3) is 3.85. The van der Waals surface area contributed by atoms with Gasteiger partial charge in [-0.2, -0.15) is 5.26 Å². The van der Waals surface area contributed by atoms with Crippen LogP contribution >= 0.6 is 0 Å². The van der Waals surface area contributed by atoms with Crippen molar-refractivity contribution in [1.29, 1.82) is 5.26 Å². The minimum absolute atomic E-state index is 0.00689. The Hall–Kier alpha value is -3.59. The first kappa shape index (κ1) is 16.3. The molecule has 1 aromatic carbocycles. The molecule has 0 aliphatic heterocycles. The first-order chi connectivity index (χ1) is 12.2. The molecule has 1 atom stereocenters. The van der Waals surface area contributed by atoms with E-state index in [9.17, 15) is 10.1 Å². The zero-order chi connectivity index (χ0) is 17.6. The Kier molecular flexibility index (Phi) is 4.77. The molecule has 0 radical (unpaired) electrons. The maximum absolute atomic E-state index is 12.3. The van der Waals surface area contributed by atoms with Gasteiger partial charge in [0.2, 0.25) is 0 Å². The Bertz CT molecular complexity index is 919. The summed E-state index contributed by atoms with van der Waals surface area (Å²) in [5.41, 5.74) is 1.87. The molecule has 0 bridgehead atoms. The number of furan rings is 1. The molecule has 0 saturated heterocycles. The summed E-state index contributed by atoms with van der Waals surface area (Å²) in [5, 5.41) is 12.1. The number of aromatic nitrogens is 2. The normalized spacial score (nSPS) is 12.4. The summed E-state index contributed by atoms with van der Waals surface area (Å²) in [6, 6.07) is 12.8. The van der Waals surface area contributed by atoms with E-state index in [1.807, 2.05) is 48.0 Å². The summed E-state index contributed by atoms with van der Waals surface area (Å²) in [6.45, 7) is 1.87.